The minimum atomic E-state index is -0.311. The summed E-state index contributed by atoms with van der Waals surface area (Å²) in [5.74, 6) is 0.250. The average molecular weight is 855 g/mol. The fourth-order valence-electron chi connectivity index (χ4n) is 25.0. The Morgan fingerprint density at radius 3 is 0.700 bits per heavy atom. The Balaban J connectivity index is 1.16. The fraction of sp³-hybridized carbons (Fsp3) is 0.0857. The van der Waals surface area contributed by atoms with Gasteiger partial charge in [0.05, 0.1) is 5.41 Å². The van der Waals surface area contributed by atoms with Gasteiger partial charge in [0, 0.05) is 5.92 Å². The van der Waals surface area contributed by atoms with Gasteiger partial charge in [0.2, 0.25) is 0 Å². The zero-order chi connectivity index (χ0) is 41.7. The van der Waals surface area contributed by atoms with Crippen molar-refractivity contribution < 1.29 is 0 Å². The van der Waals surface area contributed by atoms with Gasteiger partial charge in [-0.25, -0.2) is 0 Å². The Labute approximate surface area is 383 Å². The second kappa shape index (κ2) is 6.14. The van der Waals surface area contributed by atoms with Gasteiger partial charge in [0.15, 0.2) is 0 Å². The van der Waals surface area contributed by atoms with Crippen molar-refractivity contribution in [3.05, 3.63) is 57.6 Å². The number of hydrogen-bond donors (Lipinski definition) is 0. The highest BCUT2D eigenvalue weighted by Gasteiger charge is 2.63. The highest BCUT2D eigenvalue weighted by Crippen LogP contribution is 2.84. The Morgan fingerprint density at radius 1 is 0.257 bits per heavy atom. The summed E-state index contributed by atoms with van der Waals surface area (Å²) in [5.41, 5.74) is 9.77. The first-order valence-electron chi connectivity index (χ1n) is 26.7. The van der Waals surface area contributed by atoms with Crippen molar-refractivity contribution in [1.29, 1.82) is 0 Å². The smallest absolute Gasteiger partial charge is 0.0586 e. The molecule has 0 unspecified atom stereocenters. The van der Waals surface area contributed by atoms with Gasteiger partial charge in [-0.1, -0.05) is 37.6 Å². The molecule has 0 amide bonds. The Hall–Kier alpha value is -8.32. The van der Waals surface area contributed by atoms with E-state index in [1.807, 2.05) is 0 Å². The van der Waals surface area contributed by atoms with Gasteiger partial charge in [0.1, 0.15) is 0 Å². The van der Waals surface area contributed by atoms with Crippen LogP contribution in [0, 0.1) is 0 Å². The maximum absolute atomic E-state index is 2.70. The minimum absolute atomic E-state index is 0.250. The number of unbranched alkanes of at least 4 members (excludes halogenated alkanes) is 1. The summed E-state index contributed by atoms with van der Waals surface area (Å²) in [6.45, 7) is 2.35. The summed E-state index contributed by atoms with van der Waals surface area (Å²) in [6.07, 6.45) is 3.65. The number of rotatable bonds is 4. The molecule has 0 saturated carbocycles. The molecule has 0 fully saturated rings. The first kappa shape index (κ1) is 26.4. The molecule has 294 valence electrons. The van der Waals surface area contributed by atoms with Crippen molar-refractivity contribution in [2.24, 2.45) is 0 Å². The standard InChI is InChI=1S/C70H14/c1-2-3-4-9-5-7-10(8-6-9)70-67-63-57-43-35-27-15-12-11-13-16(15)28-30-26-20(13)22-18-14(11)17-21-19(12)25-29(27)41(43)49-47-33(25)31(21)39-37-23(17)24(18)38-40-32(22)34(26)48-50-42(30)44(36(28)35)58(57)64(67)60(50)62-54(48)52(40)56-46(38)45(37)55-51(39)53(47)61(59(49)63)68(70)65(55)66(56)69(62)70/h5-8,67H,2-4H2,1H3. The summed E-state index contributed by atoms with van der Waals surface area (Å²) < 4.78 is 0. The minimum Gasteiger partial charge on any atom is -0.0654 e. The molecule has 0 aromatic heterocycles. The molecule has 33 rings (SSSR count). The van der Waals surface area contributed by atoms with Crippen LogP contribution in [-0.4, -0.2) is 0 Å². The Bertz CT molecular complexity index is 7080. The van der Waals surface area contributed by atoms with Crippen LogP contribution in [0.5, 0.6) is 0 Å². The molecule has 0 heterocycles. The lowest BCUT2D eigenvalue weighted by molar-refractivity contribution is 0.567. The quantitative estimate of drug-likeness (QED) is 0.155. The molecule has 29 aromatic rings. The summed E-state index contributed by atoms with van der Waals surface area (Å²) >= 11 is 0. The van der Waals surface area contributed by atoms with Gasteiger partial charge in [-0.3, -0.25) is 0 Å². The monoisotopic (exact) mass is 854 g/mol. The van der Waals surface area contributed by atoms with Crippen LogP contribution in [-0.2, 0) is 11.8 Å². The van der Waals surface area contributed by atoms with Crippen LogP contribution >= 0.6 is 0 Å². The van der Waals surface area contributed by atoms with Crippen molar-refractivity contribution in [2.45, 2.75) is 37.5 Å². The van der Waals surface area contributed by atoms with E-state index in [0.717, 1.165) is 0 Å². The lowest BCUT2D eigenvalue weighted by Gasteiger charge is -2.46. The van der Waals surface area contributed by atoms with Crippen molar-refractivity contribution in [3.8, 4) is 0 Å². The second-order valence-electron chi connectivity index (χ2n) is 25.9. The highest BCUT2D eigenvalue weighted by molar-refractivity contribution is 6.82. The van der Waals surface area contributed by atoms with E-state index in [9.17, 15) is 0 Å². The van der Waals surface area contributed by atoms with Gasteiger partial charge in [0.25, 0.3) is 0 Å². The molecule has 0 bridgehead atoms. The normalized spacial score (nSPS) is 20.7. The summed E-state index contributed by atoms with van der Waals surface area (Å²) in [5, 5.41) is 90.5. The molecule has 4 aliphatic rings. The largest absolute Gasteiger partial charge is 0.0654 e. The van der Waals surface area contributed by atoms with Gasteiger partial charge in [-0.15, -0.1) is 0 Å². The maximum atomic E-state index is 2.70. The van der Waals surface area contributed by atoms with Gasteiger partial charge in [-0.2, -0.15) is 0 Å². The van der Waals surface area contributed by atoms with Crippen molar-refractivity contribution in [1.82, 2.24) is 0 Å². The van der Waals surface area contributed by atoms with Gasteiger partial charge >= 0.3 is 0 Å². The Morgan fingerprint density at radius 2 is 0.457 bits per heavy atom. The predicted molar refractivity (Wildman–Crippen MR) is 299 cm³/mol. The molecule has 0 aliphatic heterocycles. The van der Waals surface area contributed by atoms with E-state index in [2.05, 4.69) is 31.2 Å². The number of aryl methyl sites for hydroxylation is 1. The summed E-state index contributed by atoms with van der Waals surface area (Å²) in [6, 6.07) is 10.6. The molecule has 0 spiro atoms. The van der Waals surface area contributed by atoms with Crippen LogP contribution in [0.3, 0.4) is 0 Å². The fourth-order valence-corrected chi connectivity index (χ4v) is 25.0. The molecule has 4 aliphatic carbocycles. The van der Waals surface area contributed by atoms with E-state index in [0.29, 0.717) is 0 Å². The summed E-state index contributed by atoms with van der Waals surface area (Å²) in [7, 11) is 0. The van der Waals surface area contributed by atoms with Gasteiger partial charge < -0.3 is 0 Å². The van der Waals surface area contributed by atoms with E-state index < -0.39 is 0 Å². The number of benzene rings is 19. The van der Waals surface area contributed by atoms with Crippen LogP contribution in [0.1, 0.15) is 59.1 Å². The third kappa shape index (κ3) is 1.44. The summed E-state index contributed by atoms with van der Waals surface area (Å²) in [4.78, 5) is 0. The first-order valence-corrected chi connectivity index (χ1v) is 26.7. The van der Waals surface area contributed by atoms with E-state index in [1.54, 1.807) is 319 Å². The van der Waals surface area contributed by atoms with E-state index in [4.69, 9.17) is 0 Å². The molecular weight excluding hydrogens is 841 g/mol. The van der Waals surface area contributed by atoms with E-state index in [1.165, 1.54) is 24.8 Å². The van der Waals surface area contributed by atoms with E-state index in [-0.39, 0.29) is 11.3 Å². The zero-order valence-electron chi connectivity index (χ0n) is 36.5. The van der Waals surface area contributed by atoms with Crippen LogP contribution < -0.4 is 0 Å². The second-order valence-corrected chi connectivity index (χ2v) is 25.9. The maximum Gasteiger partial charge on any atom is 0.0586 e. The van der Waals surface area contributed by atoms with Gasteiger partial charge in [-0.05, 0) is 337 Å². The molecule has 0 radical (unpaired) electrons. The lowest BCUT2D eigenvalue weighted by Crippen LogP contribution is -2.38. The third-order valence-electron chi connectivity index (χ3n) is 25.4. The molecular formula is C70H14. The molecule has 0 heteroatoms. The average Bonchev–Trinajstić information content (AvgIpc) is 4.28. The van der Waals surface area contributed by atoms with Crippen LogP contribution in [0.4, 0.5) is 0 Å². The molecule has 0 atom stereocenters. The zero-order valence-corrected chi connectivity index (χ0v) is 36.5. The predicted octanol–water partition coefficient (Wildman–Crippen LogP) is 19.5. The molecule has 29 aromatic carbocycles. The SMILES string of the molecule is CCCCc1ccc(C23c4c5c6c7c8c9c(c%10c%11c2c2c4c4c%12c5c5c6c6c8c8c%13c9c9c%10c%10c%11c%11c2c2c4c4c%12c%12c5c5c6c8c6c8c%13c9c9c%10c%10c%11c2c2c4c4c%12c5c6c5c8c9c%10c2c45)C73)cc1. The van der Waals surface area contributed by atoms with E-state index >= 15 is 0 Å². The lowest BCUT2D eigenvalue weighted by atomic mass is 9.55. The molecule has 70 heavy (non-hydrogen) atoms. The molecule has 0 saturated heterocycles. The van der Waals surface area contributed by atoms with Crippen LogP contribution in [0.15, 0.2) is 24.3 Å². The first-order chi connectivity index (χ1) is 34.9. The van der Waals surface area contributed by atoms with Crippen molar-refractivity contribution >= 4 is 291 Å². The molecule has 0 nitrogen and oxygen atoms in total. The third-order valence-corrected chi connectivity index (χ3v) is 25.4. The number of hydrogen-bond acceptors (Lipinski definition) is 0. The van der Waals surface area contributed by atoms with Crippen molar-refractivity contribution in [3.63, 3.8) is 0 Å². The topological polar surface area (TPSA) is 0 Å². The van der Waals surface area contributed by atoms with Crippen LogP contribution in [0.2, 0.25) is 0 Å². The highest BCUT2D eigenvalue weighted by atomic mass is 14.6. The van der Waals surface area contributed by atoms with Crippen molar-refractivity contribution in [2.75, 3.05) is 0 Å². The van der Waals surface area contributed by atoms with Crippen LogP contribution in [0.25, 0.3) is 291 Å². The molecule has 0 N–H and O–H groups in total. The Kier molecular flexibility index (Phi) is 2.32.